The van der Waals surface area contributed by atoms with Gasteiger partial charge >= 0.3 is 0 Å². The number of hydrogen-bond donors (Lipinski definition) is 1. The van der Waals surface area contributed by atoms with E-state index in [0.717, 1.165) is 12.0 Å². The van der Waals surface area contributed by atoms with Crippen molar-refractivity contribution in [3.05, 3.63) is 35.4 Å². The van der Waals surface area contributed by atoms with Gasteiger partial charge in [-0.1, -0.05) is 19.1 Å². The molecule has 86 valence electrons. The van der Waals surface area contributed by atoms with Crippen LogP contribution in [0.3, 0.4) is 0 Å². The Morgan fingerprint density at radius 2 is 2.31 bits per heavy atom. The molecule has 0 aliphatic rings. The Labute approximate surface area is 98.7 Å². The molecule has 0 saturated carbocycles. The van der Waals surface area contributed by atoms with Crippen LogP contribution in [-0.4, -0.2) is 16.0 Å². The largest absolute Gasteiger partial charge is 0.327 e. The number of hydrogen-bond acceptors (Lipinski definition) is 3. The number of nitriles is 1. The Hall–Kier alpha value is -1.18. The summed E-state index contributed by atoms with van der Waals surface area (Å²) in [5.41, 5.74) is 7.28. The molecule has 1 rings (SSSR count). The maximum atomic E-state index is 11.7. The lowest BCUT2D eigenvalue weighted by Gasteiger charge is -2.08. The third-order valence-electron chi connectivity index (χ3n) is 2.31. The van der Waals surface area contributed by atoms with Gasteiger partial charge in [-0.05, 0) is 24.1 Å². The summed E-state index contributed by atoms with van der Waals surface area (Å²) in [7, 11) is -0.946. The Balaban J connectivity index is 2.60. The van der Waals surface area contributed by atoms with Gasteiger partial charge in [0.2, 0.25) is 0 Å². The van der Waals surface area contributed by atoms with E-state index in [9.17, 15) is 4.21 Å². The smallest absolute Gasteiger partial charge is 0.0991 e. The average Bonchev–Trinajstić information content (AvgIpc) is 2.28. The van der Waals surface area contributed by atoms with Crippen molar-refractivity contribution in [1.82, 2.24) is 0 Å². The number of nitrogens with zero attached hydrogens (tertiary/aromatic N) is 1. The van der Waals surface area contributed by atoms with Crippen molar-refractivity contribution >= 4 is 10.8 Å². The third-order valence-corrected chi connectivity index (χ3v) is 3.76. The van der Waals surface area contributed by atoms with Gasteiger partial charge in [-0.3, -0.25) is 4.21 Å². The molecule has 0 saturated heterocycles. The van der Waals surface area contributed by atoms with Gasteiger partial charge in [0.1, 0.15) is 0 Å². The van der Waals surface area contributed by atoms with Crippen LogP contribution in [0.15, 0.2) is 24.3 Å². The Morgan fingerprint density at radius 1 is 1.56 bits per heavy atom. The Morgan fingerprint density at radius 3 is 2.94 bits per heavy atom. The van der Waals surface area contributed by atoms with E-state index in [4.69, 9.17) is 11.0 Å². The van der Waals surface area contributed by atoms with Crippen molar-refractivity contribution in [2.24, 2.45) is 5.73 Å². The molecule has 4 heteroatoms. The lowest BCUT2D eigenvalue weighted by Crippen LogP contribution is -2.26. The molecule has 0 aromatic heterocycles. The second-order valence-corrected chi connectivity index (χ2v) is 5.23. The van der Waals surface area contributed by atoms with Gasteiger partial charge in [0.05, 0.1) is 11.6 Å². The van der Waals surface area contributed by atoms with Crippen molar-refractivity contribution in [2.45, 2.75) is 25.1 Å². The molecule has 2 atom stereocenters. The standard InChI is InChI=1S/C12H16N2OS/c1-2-12(14)9-16(15)8-11-5-3-4-10(6-11)7-13/h3-6,12H,2,8-9,14H2,1H3. The summed E-state index contributed by atoms with van der Waals surface area (Å²) in [6.07, 6.45) is 0.837. The maximum Gasteiger partial charge on any atom is 0.0991 e. The summed E-state index contributed by atoms with van der Waals surface area (Å²) in [5, 5.41) is 8.73. The molecule has 0 fully saturated rings. The highest BCUT2D eigenvalue weighted by Crippen LogP contribution is 2.07. The highest BCUT2D eigenvalue weighted by molar-refractivity contribution is 7.84. The van der Waals surface area contributed by atoms with Crippen molar-refractivity contribution in [1.29, 1.82) is 5.26 Å². The van der Waals surface area contributed by atoms with E-state index in [-0.39, 0.29) is 6.04 Å². The maximum absolute atomic E-state index is 11.7. The summed E-state index contributed by atoms with van der Waals surface area (Å²) in [5.74, 6) is 0.997. The molecular weight excluding hydrogens is 220 g/mol. The van der Waals surface area contributed by atoms with Gasteiger partial charge < -0.3 is 5.73 Å². The first kappa shape index (κ1) is 12.9. The van der Waals surface area contributed by atoms with Crippen molar-refractivity contribution < 1.29 is 4.21 Å². The predicted octanol–water partition coefficient (Wildman–Crippen LogP) is 1.54. The molecule has 0 aliphatic carbocycles. The summed E-state index contributed by atoms with van der Waals surface area (Å²) in [4.78, 5) is 0. The summed E-state index contributed by atoms with van der Waals surface area (Å²) >= 11 is 0. The van der Waals surface area contributed by atoms with Crippen LogP contribution in [0.2, 0.25) is 0 Å². The molecule has 2 unspecified atom stereocenters. The minimum absolute atomic E-state index is 0.0000159. The van der Waals surface area contributed by atoms with E-state index in [2.05, 4.69) is 6.07 Å². The monoisotopic (exact) mass is 236 g/mol. The first-order valence-electron chi connectivity index (χ1n) is 5.25. The fourth-order valence-corrected chi connectivity index (χ4v) is 2.71. The molecule has 1 aromatic rings. The van der Waals surface area contributed by atoms with Crippen LogP contribution < -0.4 is 5.73 Å². The highest BCUT2D eigenvalue weighted by Gasteiger charge is 2.07. The fourth-order valence-electron chi connectivity index (χ4n) is 1.33. The second-order valence-electron chi connectivity index (χ2n) is 3.73. The van der Waals surface area contributed by atoms with Crippen LogP contribution in [-0.2, 0) is 16.6 Å². The lowest BCUT2D eigenvalue weighted by molar-refractivity contribution is 0.663. The predicted molar refractivity (Wildman–Crippen MR) is 66.1 cm³/mol. The minimum Gasteiger partial charge on any atom is -0.327 e. The minimum atomic E-state index is -0.946. The van der Waals surface area contributed by atoms with Crippen LogP contribution in [0.1, 0.15) is 24.5 Å². The molecule has 0 amide bonds. The first-order chi connectivity index (χ1) is 7.65. The van der Waals surface area contributed by atoms with Gasteiger partial charge in [-0.2, -0.15) is 5.26 Å². The van der Waals surface area contributed by atoms with Crippen molar-refractivity contribution in [3.63, 3.8) is 0 Å². The Kier molecular flexibility index (Phi) is 5.17. The highest BCUT2D eigenvalue weighted by atomic mass is 32.2. The molecule has 0 bridgehead atoms. The van der Waals surface area contributed by atoms with E-state index in [1.165, 1.54) is 0 Å². The number of nitrogens with two attached hydrogens (primary N) is 1. The quantitative estimate of drug-likeness (QED) is 0.843. The summed E-state index contributed by atoms with van der Waals surface area (Å²) < 4.78 is 11.7. The van der Waals surface area contributed by atoms with E-state index in [1.807, 2.05) is 19.1 Å². The summed E-state index contributed by atoms with van der Waals surface area (Å²) in [6.45, 7) is 1.98. The average molecular weight is 236 g/mol. The van der Waals surface area contributed by atoms with E-state index in [1.54, 1.807) is 12.1 Å². The topological polar surface area (TPSA) is 66.9 Å². The molecule has 0 aliphatic heterocycles. The second kappa shape index (κ2) is 6.41. The van der Waals surface area contributed by atoms with Gasteiger partial charge in [0, 0.05) is 28.3 Å². The fraction of sp³-hybridized carbons (Fsp3) is 0.417. The summed E-state index contributed by atoms with van der Waals surface area (Å²) in [6, 6.07) is 9.28. The van der Waals surface area contributed by atoms with Crippen LogP contribution >= 0.6 is 0 Å². The van der Waals surface area contributed by atoms with Gasteiger partial charge in [0.15, 0.2) is 0 Å². The van der Waals surface area contributed by atoms with E-state index < -0.39 is 10.8 Å². The first-order valence-corrected chi connectivity index (χ1v) is 6.74. The molecule has 3 nitrogen and oxygen atoms in total. The molecule has 0 spiro atoms. The van der Waals surface area contributed by atoms with Crippen LogP contribution in [0.5, 0.6) is 0 Å². The van der Waals surface area contributed by atoms with Crippen molar-refractivity contribution in [3.8, 4) is 6.07 Å². The zero-order valence-corrected chi connectivity index (χ0v) is 10.2. The Bertz CT molecular complexity index is 412. The zero-order chi connectivity index (χ0) is 12.0. The molecule has 16 heavy (non-hydrogen) atoms. The molecular formula is C12H16N2OS. The van der Waals surface area contributed by atoms with Gasteiger partial charge in [0.25, 0.3) is 0 Å². The molecule has 0 radical (unpaired) electrons. The van der Waals surface area contributed by atoms with Crippen LogP contribution in [0, 0.1) is 11.3 Å². The molecule has 2 N–H and O–H groups in total. The molecule has 0 heterocycles. The third kappa shape index (κ3) is 4.13. The van der Waals surface area contributed by atoms with Gasteiger partial charge in [-0.15, -0.1) is 0 Å². The zero-order valence-electron chi connectivity index (χ0n) is 9.35. The van der Waals surface area contributed by atoms with E-state index >= 15 is 0 Å². The number of rotatable bonds is 5. The van der Waals surface area contributed by atoms with Crippen molar-refractivity contribution in [2.75, 3.05) is 5.75 Å². The number of benzene rings is 1. The SMILES string of the molecule is CCC(N)CS(=O)Cc1cccc(C#N)c1. The van der Waals surface area contributed by atoms with Gasteiger partial charge in [-0.25, -0.2) is 0 Å². The lowest BCUT2D eigenvalue weighted by atomic mass is 10.2. The van der Waals surface area contributed by atoms with Crippen LogP contribution in [0.25, 0.3) is 0 Å². The van der Waals surface area contributed by atoms with E-state index in [0.29, 0.717) is 17.1 Å². The normalized spacial score (nSPS) is 14.1. The van der Waals surface area contributed by atoms with Crippen LogP contribution in [0.4, 0.5) is 0 Å². The molecule has 1 aromatic carbocycles.